The minimum atomic E-state index is -0.744. The molecule has 6 rings (SSSR count). The zero-order valence-electron chi connectivity index (χ0n) is 23.4. The van der Waals surface area contributed by atoms with E-state index in [0.29, 0.717) is 6.61 Å². The smallest absolute Gasteiger partial charge is 0.219 e. The van der Waals surface area contributed by atoms with Crippen molar-refractivity contribution >= 4 is 33.4 Å². The van der Waals surface area contributed by atoms with E-state index >= 15 is 0 Å². The number of ether oxygens (including phenoxy) is 2. The first-order chi connectivity index (χ1) is 19.1. The van der Waals surface area contributed by atoms with Crippen LogP contribution in [0, 0.1) is 6.92 Å². The van der Waals surface area contributed by atoms with E-state index in [9.17, 15) is 4.79 Å². The van der Waals surface area contributed by atoms with Crippen molar-refractivity contribution in [2.24, 2.45) is 0 Å². The topological polar surface area (TPSA) is 100 Å². The Hall–Kier alpha value is -4.36. The number of nitrogens with zero attached hydrogens (tertiary/aromatic N) is 3. The lowest BCUT2D eigenvalue weighted by molar-refractivity contribution is -0.138. The van der Waals surface area contributed by atoms with Crippen LogP contribution in [0.25, 0.3) is 43.9 Å². The van der Waals surface area contributed by atoms with Gasteiger partial charge in [-0.2, -0.15) is 0 Å². The molecule has 1 aliphatic heterocycles. The molecule has 0 aliphatic carbocycles. The van der Waals surface area contributed by atoms with E-state index in [2.05, 4.69) is 46.4 Å². The van der Waals surface area contributed by atoms with Crippen LogP contribution in [0.2, 0.25) is 0 Å². The van der Waals surface area contributed by atoms with E-state index in [1.165, 1.54) is 5.56 Å². The molecule has 0 amide bonds. The average Bonchev–Trinajstić information content (AvgIpc) is 2.91. The maximum absolute atomic E-state index is 13.2. The Labute approximate surface area is 233 Å². The molecule has 7 nitrogen and oxygen atoms in total. The lowest BCUT2D eigenvalue weighted by Crippen LogP contribution is -2.27. The summed E-state index contributed by atoms with van der Waals surface area (Å²) in [6.45, 7) is 10.2. The molecule has 3 heterocycles. The van der Waals surface area contributed by atoms with Crippen molar-refractivity contribution in [3.8, 4) is 28.0 Å². The summed E-state index contributed by atoms with van der Waals surface area (Å²) in [5, 5.41) is 3.06. The number of benzene rings is 3. The molecule has 0 spiro atoms. The van der Waals surface area contributed by atoms with Gasteiger partial charge in [0.05, 0.1) is 17.7 Å². The number of aryl methyl sites for hydroxylation is 1. The number of carbonyl (C=O) groups excluding carboxylic acids is 1. The third kappa shape index (κ3) is 4.56. The van der Waals surface area contributed by atoms with E-state index in [1.54, 1.807) is 19.3 Å². The van der Waals surface area contributed by atoms with Crippen LogP contribution < -0.4 is 10.5 Å². The first-order valence-corrected chi connectivity index (χ1v) is 13.5. The van der Waals surface area contributed by atoms with Crippen molar-refractivity contribution in [1.29, 1.82) is 0 Å². The van der Waals surface area contributed by atoms with Gasteiger partial charge in [0.15, 0.2) is 5.78 Å². The molecule has 1 atom stereocenters. The molecule has 40 heavy (non-hydrogen) atoms. The summed E-state index contributed by atoms with van der Waals surface area (Å²) in [5.74, 6) is 1.03. The molecule has 1 unspecified atom stereocenters. The number of rotatable bonds is 5. The highest BCUT2D eigenvalue weighted by atomic mass is 16.5. The molecule has 2 aromatic heterocycles. The van der Waals surface area contributed by atoms with E-state index in [0.717, 1.165) is 67.2 Å². The molecule has 202 valence electrons. The number of nitrogens with two attached hydrogens (primary N) is 1. The third-order valence-corrected chi connectivity index (χ3v) is 7.33. The molecule has 0 saturated heterocycles. The van der Waals surface area contributed by atoms with Crippen molar-refractivity contribution in [2.45, 2.75) is 52.7 Å². The average molecular weight is 533 g/mol. The molecule has 5 aromatic rings. The van der Waals surface area contributed by atoms with Crippen LogP contribution in [0.3, 0.4) is 0 Å². The summed E-state index contributed by atoms with van der Waals surface area (Å²) in [6.07, 6.45) is 5.40. The molecule has 7 heteroatoms. The van der Waals surface area contributed by atoms with Gasteiger partial charge < -0.3 is 15.2 Å². The van der Waals surface area contributed by atoms with Crippen molar-refractivity contribution in [3.05, 3.63) is 77.7 Å². The van der Waals surface area contributed by atoms with Crippen LogP contribution in [0.1, 0.15) is 50.5 Å². The van der Waals surface area contributed by atoms with Crippen molar-refractivity contribution in [1.82, 2.24) is 15.0 Å². The second-order valence-electron chi connectivity index (χ2n) is 11.4. The summed E-state index contributed by atoms with van der Waals surface area (Å²) in [6, 6.07) is 14.5. The molecule has 0 bridgehead atoms. The minimum absolute atomic E-state index is 0.0479. The van der Waals surface area contributed by atoms with Crippen LogP contribution in [0.5, 0.6) is 5.75 Å². The standard InChI is InChI=1S/C33H32N4O3/c1-18-14-22-15-21(23-16-36-32(34)37-17-23)6-7-24(22)29(27(18)31(19(2)38)40-33(3,4)5)25-8-9-26-28-20(11-13-39-26)10-12-35-30(25)28/h6-10,12,14-17,31H,11,13H2,1-5H3,(H2,34,36,37). The van der Waals surface area contributed by atoms with Gasteiger partial charge in [0.2, 0.25) is 5.95 Å². The third-order valence-electron chi connectivity index (χ3n) is 7.33. The second kappa shape index (κ2) is 9.68. The van der Waals surface area contributed by atoms with Gasteiger partial charge in [-0.1, -0.05) is 18.2 Å². The number of fused-ring (bicyclic) bond motifs is 1. The van der Waals surface area contributed by atoms with Crippen molar-refractivity contribution in [2.75, 3.05) is 12.3 Å². The number of carbonyl (C=O) groups is 1. The van der Waals surface area contributed by atoms with Gasteiger partial charge in [0, 0.05) is 41.5 Å². The fraction of sp³-hybridized carbons (Fsp3) is 0.273. The quantitative estimate of drug-likeness (QED) is 0.266. The number of hydrogen-bond donors (Lipinski definition) is 1. The minimum Gasteiger partial charge on any atom is -0.493 e. The van der Waals surface area contributed by atoms with Crippen LogP contribution in [-0.2, 0) is 16.0 Å². The Balaban J connectivity index is 1.69. The Bertz CT molecular complexity index is 1780. The lowest BCUT2D eigenvalue weighted by atomic mass is 9.84. The van der Waals surface area contributed by atoms with Crippen LogP contribution in [-0.4, -0.2) is 32.9 Å². The maximum Gasteiger partial charge on any atom is 0.219 e. The van der Waals surface area contributed by atoms with Gasteiger partial charge >= 0.3 is 0 Å². The van der Waals surface area contributed by atoms with E-state index in [4.69, 9.17) is 20.2 Å². The predicted molar refractivity (Wildman–Crippen MR) is 158 cm³/mol. The van der Waals surface area contributed by atoms with Crippen LogP contribution >= 0.6 is 0 Å². The number of anilines is 1. The monoisotopic (exact) mass is 532 g/mol. The number of hydrogen-bond acceptors (Lipinski definition) is 7. The van der Waals surface area contributed by atoms with Crippen molar-refractivity contribution in [3.63, 3.8) is 0 Å². The fourth-order valence-corrected chi connectivity index (χ4v) is 5.66. The number of pyridine rings is 1. The first-order valence-electron chi connectivity index (χ1n) is 13.5. The van der Waals surface area contributed by atoms with Crippen molar-refractivity contribution < 1.29 is 14.3 Å². The summed E-state index contributed by atoms with van der Waals surface area (Å²) in [4.78, 5) is 26.4. The molecule has 2 N–H and O–H groups in total. The Morgan fingerprint density at radius 1 is 1.02 bits per heavy atom. The van der Waals surface area contributed by atoms with Gasteiger partial charge in [-0.15, -0.1) is 0 Å². The number of aromatic nitrogens is 3. The van der Waals surface area contributed by atoms with Gasteiger partial charge in [-0.25, -0.2) is 9.97 Å². The van der Waals surface area contributed by atoms with Gasteiger partial charge in [-0.05, 0) is 97.5 Å². The predicted octanol–water partition coefficient (Wildman–Crippen LogP) is 6.78. The van der Waals surface area contributed by atoms with E-state index < -0.39 is 11.7 Å². The largest absolute Gasteiger partial charge is 0.493 e. The normalized spacial score (nSPS) is 13.8. The Kier molecular flexibility index (Phi) is 6.27. The second-order valence-corrected chi connectivity index (χ2v) is 11.4. The Morgan fingerprint density at radius 2 is 1.80 bits per heavy atom. The molecular formula is C33H32N4O3. The van der Waals surface area contributed by atoms with E-state index in [1.807, 2.05) is 40.0 Å². The highest BCUT2D eigenvalue weighted by Crippen LogP contribution is 2.45. The highest BCUT2D eigenvalue weighted by Gasteiger charge is 2.31. The van der Waals surface area contributed by atoms with Gasteiger partial charge in [0.1, 0.15) is 11.9 Å². The maximum atomic E-state index is 13.2. The zero-order chi connectivity index (χ0) is 28.2. The number of ketones is 1. The number of Topliss-reactive ketones (excluding diaryl/α,β-unsaturated/α-hetero) is 1. The molecule has 3 aromatic carbocycles. The zero-order valence-corrected chi connectivity index (χ0v) is 23.4. The fourth-order valence-electron chi connectivity index (χ4n) is 5.66. The SMILES string of the molecule is CC(=O)C(OC(C)(C)C)c1c(C)cc2cc(-c3cnc(N)nc3)ccc2c1-c1ccc2c3c(ccnc13)CCO2. The molecule has 0 saturated carbocycles. The molecule has 0 fully saturated rings. The van der Waals surface area contributed by atoms with Crippen LogP contribution in [0.4, 0.5) is 5.95 Å². The molecule has 1 aliphatic rings. The van der Waals surface area contributed by atoms with Gasteiger partial charge in [0.25, 0.3) is 0 Å². The first kappa shape index (κ1) is 25.9. The Morgan fingerprint density at radius 3 is 2.52 bits per heavy atom. The van der Waals surface area contributed by atoms with E-state index in [-0.39, 0.29) is 11.7 Å². The summed E-state index contributed by atoms with van der Waals surface area (Å²) in [7, 11) is 0. The summed E-state index contributed by atoms with van der Waals surface area (Å²) >= 11 is 0. The lowest BCUT2D eigenvalue weighted by Gasteiger charge is -2.30. The van der Waals surface area contributed by atoms with Crippen LogP contribution in [0.15, 0.2) is 61.1 Å². The molecular weight excluding hydrogens is 500 g/mol. The summed E-state index contributed by atoms with van der Waals surface area (Å²) < 4.78 is 12.5. The van der Waals surface area contributed by atoms with Gasteiger partial charge in [-0.3, -0.25) is 9.78 Å². The number of nitrogen functional groups attached to an aromatic ring is 1. The highest BCUT2D eigenvalue weighted by molar-refractivity contribution is 6.09. The summed E-state index contributed by atoms with van der Waals surface area (Å²) in [5.41, 5.74) is 12.8. The molecule has 0 radical (unpaired) electrons.